The highest BCUT2D eigenvalue weighted by molar-refractivity contribution is 5.92. The number of phenolic OH excluding ortho intramolecular Hbond substituents is 1. The molecule has 0 aliphatic rings. The summed E-state index contributed by atoms with van der Waals surface area (Å²) in [7, 11) is 1.13. The normalized spacial score (nSPS) is 9.57. The lowest BCUT2D eigenvalue weighted by Gasteiger charge is -2.02. The predicted octanol–water partition coefficient (Wildman–Crippen LogP) is 1.13. The molecule has 0 atom stereocenters. The van der Waals surface area contributed by atoms with Gasteiger partial charge < -0.3 is 9.84 Å². The van der Waals surface area contributed by atoms with Crippen LogP contribution in [0, 0.1) is 5.82 Å². The smallest absolute Gasteiger partial charge is 0.337 e. The van der Waals surface area contributed by atoms with Crippen LogP contribution in [0.3, 0.4) is 0 Å². The van der Waals surface area contributed by atoms with Gasteiger partial charge in [0.1, 0.15) is 0 Å². The van der Waals surface area contributed by atoms with Crippen molar-refractivity contribution in [2.24, 2.45) is 0 Å². The Labute approximate surface area is 78.9 Å². The van der Waals surface area contributed by atoms with Crippen LogP contribution in [-0.4, -0.2) is 24.5 Å². The molecule has 0 aromatic heterocycles. The van der Waals surface area contributed by atoms with Crippen molar-refractivity contribution in [1.29, 1.82) is 0 Å². The van der Waals surface area contributed by atoms with Gasteiger partial charge >= 0.3 is 5.97 Å². The molecule has 0 heterocycles. The highest BCUT2D eigenvalue weighted by atomic mass is 19.1. The molecular formula is C9H7FO4. The first-order chi connectivity index (χ1) is 6.60. The molecule has 0 aliphatic carbocycles. The van der Waals surface area contributed by atoms with E-state index in [9.17, 15) is 14.0 Å². The van der Waals surface area contributed by atoms with Crippen LogP contribution in [0.4, 0.5) is 4.39 Å². The van der Waals surface area contributed by atoms with Gasteiger partial charge in [0.15, 0.2) is 17.9 Å². The quantitative estimate of drug-likeness (QED) is 0.571. The van der Waals surface area contributed by atoms with E-state index < -0.39 is 17.5 Å². The number of aldehydes is 1. The molecule has 1 rings (SSSR count). The minimum absolute atomic E-state index is 0.120. The molecule has 4 nitrogen and oxygen atoms in total. The van der Waals surface area contributed by atoms with Gasteiger partial charge in [-0.25, -0.2) is 9.18 Å². The van der Waals surface area contributed by atoms with E-state index in [4.69, 9.17) is 5.11 Å². The number of benzene rings is 1. The Hall–Kier alpha value is -1.91. The molecule has 1 N–H and O–H groups in total. The molecule has 0 saturated carbocycles. The van der Waals surface area contributed by atoms with Crippen molar-refractivity contribution in [2.45, 2.75) is 0 Å². The highest BCUT2D eigenvalue weighted by Crippen LogP contribution is 2.21. The molecule has 0 amide bonds. The first-order valence-electron chi connectivity index (χ1n) is 3.66. The second-order valence-corrected chi connectivity index (χ2v) is 2.51. The molecule has 1 aromatic rings. The van der Waals surface area contributed by atoms with Crippen molar-refractivity contribution in [2.75, 3.05) is 7.11 Å². The van der Waals surface area contributed by atoms with Gasteiger partial charge in [-0.15, -0.1) is 0 Å². The SMILES string of the molecule is COC(=O)c1cc(F)c(O)c(C=O)c1. The van der Waals surface area contributed by atoms with Crippen LogP contribution >= 0.6 is 0 Å². The third-order valence-corrected chi connectivity index (χ3v) is 1.64. The average molecular weight is 198 g/mol. The average Bonchev–Trinajstić information content (AvgIpc) is 2.20. The number of hydrogen-bond acceptors (Lipinski definition) is 4. The monoisotopic (exact) mass is 198 g/mol. The Morgan fingerprint density at radius 1 is 1.57 bits per heavy atom. The van der Waals surface area contributed by atoms with Gasteiger partial charge in [0, 0.05) is 0 Å². The Kier molecular flexibility index (Phi) is 2.81. The Bertz CT molecular complexity index is 387. The van der Waals surface area contributed by atoms with Gasteiger partial charge in [0.05, 0.1) is 18.2 Å². The van der Waals surface area contributed by atoms with Crippen molar-refractivity contribution in [3.63, 3.8) is 0 Å². The van der Waals surface area contributed by atoms with E-state index in [0.29, 0.717) is 0 Å². The molecule has 1 aromatic carbocycles. The zero-order chi connectivity index (χ0) is 10.7. The number of carbonyl (C=O) groups excluding carboxylic acids is 2. The highest BCUT2D eigenvalue weighted by Gasteiger charge is 2.13. The summed E-state index contributed by atoms with van der Waals surface area (Å²) < 4.78 is 17.2. The minimum Gasteiger partial charge on any atom is -0.504 e. The topological polar surface area (TPSA) is 63.6 Å². The number of rotatable bonds is 2. The summed E-state index contributed by atoms with van der Waals surface area (Å²) in [6.45, 7) is 0. The van der Waals surface area contributed by atoms with Crippen molar-refractivity contribution in [3.05, 3.63) is 29.1 Å². The van der Waals surface area contributed by atoms with Crippen LogP contribution < -0.4 is 0 Å². The summed E-state index contributed by atoms with van der Waals surface area (Å²) in [5, 5.41) is 9.02. The number of aromatic hydroxyl groups is 1. The first kappa shape index (κ1) is 10.2. The number of carbonyl (C=O) groups is 2. The molecule has 0 spiro atoms. The molecule has 0 aliphatic heterocycles. The maximum atomic E-state index is 12.9. The Morgan fingerprint density at radius 3 is 2.71 bits per heavy atom. The summed E-state index contributed by atoms with van der Waals surface area (Å²) in [5.74, 6) is -2.57. The van der Waals surface area contributed by atoms with Gasteiger partial charge in [-0.1, -0.05) is 0 Å². The van der Waals surface area contributed by atoms with Gasteiger partial charge in [0.25, 0.3) is 0 Å². The van der Waals surface area contributed by atoms with Crippen LogP contribution in [0.5, 0.6) is 5.75 Å². The van der Waals surface area contributed by atoms with Crippen molar-refractivity contribution in [3.8, 4) is 5.75 Å². The lowest BCUT2D eigenvalue weighted by atomic mass is 10.1. The molecule has 0 bridgehead atoms. The van der Waals surface area contributed by atoms with E-state index in [1.807, 2.05) is 0 Å². The predicted molar refractivity (Wildman–Crippen MR) is 44.8 cm³/mol. The summed E-state index contributed by atoms with van der Waals surface area (Å²) in [6, 6.07) is 1.85. The van der Waals surface area contributed by atoms with Crippen molar-refractivity contribution in [1.82, 2.24) is 0 Å². The first-order valence-corrected chi connectivity index (χ1v) is 3.66. The minimum atomic E-state index is -1.03. The van der Waals surface area contributed by atoms with E-state index in [-0.39, 0.29) is 17.4 Å². The van der Waals surface area contributed by atoms with E-state index in [0.717, 1.165) is 19.2 Å². The third kappa shape index (κ3) is 1.71. The maximum Gasteiger partial charge on any atom is 0.337 e. The molecule has 0 radical (unpaired) electrons. The summed E-state index contributed by atoms with van der Waals surface area (Å²) in [4.78, 5) is 21.3. The fraction of sp³-hybridized carbons (Fsp3) is 0.111. The lowest BCUT2D eigenvalue weighted by molar-refractivity contribution is 0.0600. The second-order valence-electron chi connectivity index (χ2n) is 2.51. The van der Waals surface area contributed by atoms with Gasteiger partial charge in [0.2, 0.25) is 0 Å². The van der Waals surface area contributed by atoms with Gasteiger partial charge in [-0.2, -0.15) is 0 Å². The van der Waals surface area contributed by atoms with Crippen molar-refractivity contribution < 1.29 is 23.8 Å². The number of methoxy groups -OCH3 is 1. The molecule has 0 saturated heterocycles. The van der Waals surface area contributed by atoms with Crippen LogP contribution in [0.15, 0.2) is 12.1 Å². The van der Waals surface area contributed by atoms with E-state index in [2.05, 4.69) is 4.74 Å². The van der Waals surface area contributed by atoms with E-state index >= 15 is 0 Å². The summed E-state index contributed by atoms with van der Waals surface area (Å²) in [5.41, 5.74) is -0.407. The lowest BCUT2D eigenvalue weighted by Crippen LogP contribution is -2.03. The zero-order valence-corrected chi connectivity index (χ0v) is 7.28. The van der Waals surface area contributed by atoms with E-state index in [1.165, 1.54) is 0 Å². The zero-order valence-electron chi connectivity index (χ0n) is 7.28. The number of halogens is 1. The van der Waals surface area contributed by atoms with E-state index in [1.54, 1.807) is 0 Å². The number of hydrogen-bond donors (Lipinski definition) is 1. The largest absolute Gasteiger partial charge is 0.504 e. The molecule has 5 heteroatoms. The Balaban J connectivity index is 3.29. The summed E-state index contributed by atoms with van der Waals surface area (Å²) in [6.07, 6.45) is 0.255. The second kappa shape index (κ2) is 3.87. The van der Waals surface area contributed by atoms with Crippen LogP contribution in [0.2, 0.25) is 0 Å². The van der Waals surface area contributed by atoms with Crippen LogP contribution in [-0.2, 0) is 4.74 Å². The Morgan fingerprint density at radius 2 is 2.21 bits per heavy atom. The van der Waals surface area contributed by atoms with Gasteiger partial charge in [-0.05, 0) is 12.1 Å². The third-order valence-electron chi connectivity index (χ3n) is 1.64. The van der Waals surface area contributed by atoms with Crippen LogP contribution in [0.1, 0.15) is 20.7 Å². The molecule has 14 heavy (non-hydrogen) atoms. The molecule has 74 valence electrons. The van der Waals surface area contributed by atoms with Crippen molar-refractivity contribution >= 4 is 12.3 Å². The number of ether oxygens (including phenoxy) is 1. The molecule has 0 fully saturated rings. The number of phenols is 1. The summed E-state index contributed by atoms with van der Waals surface area (Å²) >= 11 is 0. The standard InChI is InChI=1S/C9H7FO4/c1-14-9(13)5-2-6(4-11)8(12)7(10)3-5/h2-4,12H,1H3. The number of esters is 1. The maximum absolute atomic E-state index is 12.9. The van der Waals surface area contributed by atoms with Crippen LogP contribution in [0.25, 0.3) is 0 Å². The van der Waals surface area contributed by atoms with Gasteiger partial charge in [-0.3, -0.25) is 4.79 Å². The fourth-order valence-corrected chi connectivity index (χ4v) is 0.946. The molecular weight excluding hydrogens is 191 g/mol. The molecule has 0 unspecified atom stereocenters. The fourth-order valence-electron chi connectivity index (χ4n) is 0.946.